The number of alkyl halides is 3. The second-order valence-corrected chi connectivity index (χ2v) is 4.70. The van der Waals surface area contributed by atoms with Crippen LogP contribution in [0.1, 0.15) is 5.82 Å². The fourth-order valence-electron chi connectivity index (χ4n) is 0.966. The van der Waals surface area contributed by atoms with Crippen molar-refractivity contribution in [1.82, 2.24) is 19.4 Å². The van der Waals surface area contributed by atoms with Gasteiger partial charge in [-0.1, -0.05) is 0 Å². The van der Waals surface area contributed by atoms with Crippen LogP contribution in [0.4, 0.5) is 13.2 Å². The summed E-state index contributed by atoms with van der Waals surface area (Å²) in [5.74, 6) is 0.545. The number of aromatic amines is 1. The molecular weight excluding hydrogens is 261 g/mol. The van der Waals surface area contributed by atoms with Gasteiger partial charge in [0.25, 0.3) is 10.2 Å². The van der Waals surface area contributed by atoms with Crippen LogP contribution >= 0.6 is 0 Å². The zero-order valence-electron chi connectivity index (χ0n) is 8.58. The Morgan fingerprint density at radius 2 is 2.06 bits per heavy atom. The van der Waals surface area contributed by atoms with Crippen molar-refractivity contribution in [2.24, 2.45) is 0 Å². The molecule has 0 aliphatic heterocycles. The summed E-state index contributed by atoms with van der Waals surface area (Å²) in [5, 5.41) is 0. The quantitative estimate of drug-likeness (QED) is 0.678. The molecule has 0 bridgehead atoms. The Morgan fingerprint density at radius 3 is 2.59 bits per heavy atom. The minimum Gasteiger partial charge on any atom is -0.349 e. The topological polar surface area (TPSA) is 86.9 Å². The molecule has 6 nitrogen and oxygen atoms in total. The number of rotatable bonds is 6. The number of aromatic nitrogens is 2. The van der Waals surface area contributed by atoms with E-state index in [9.17, 15) is 21.6 Å². The first kappa shape index (κ1) is 13.9. The minimum atomic E-state index is -4.57. The van der Waals surface area contributed by atoms with E-state index in [0.29, 0.717) is 5.82 Å². The van der Waals surface area contributed by atoms with Crippen LogP contribution in [0, 0.1) is 0 Å². The lowest BCUT2D eigenvalue weighted by Gasteiger charge is -2.09. The molecule has 1 aromatic rings. The van der Waals surface area contributed by atoms with E-state index in [1.54, 1.807) is 6.20 Å². The smallest absolute Gasteiger partial charge is 0.349 e. The number of hydrogen-bond donors (Lipinski definition) is 3. The van der Waals surface area contributed by atoms with Crippen molar-refractivity contribution in [3.63, 3.8) is 0 Å². The van der Waals surface area contributed by atoms with Gasteiger partial charge < -0.3 is 4.98 Å². The number of H-pyrrole nitrogens is 1. The lowest BCUT2D eigenvalue weighted by atomic mass is 10.4. The zero-order valence-corrected chi connectivity index (χ0v) is 9.40. The van der Waals surface area contributed by atoms with Gasteiger partial charge in [0, 0.05) is 25.4 Å². The SMILES string of the molecule is O=S(=O)(NCCc1ncc[nH]1)NCC(F)(F)F. The molecule has 0 aromatic carbocycles. The summed E-state index contributed by atoms with van der Waals surface area (Å²) < 4.78 is 60.7. The molecule has 0 aliphatic rings. The van der Waals surface area contributed by atoms with E-state index in [4.69, 9.17) is 0 Å². The molecule has 1 aromatic heterocycles. The van der Waals surface area contributed by atoms with Crippen molar-refractivity contribution in [1.29, 1.82) is 0 Å². The van der Waals surface area contributed by atoms with Crippen LogP contribution in [0.15, 0.2) is 12.4 Å². The van der Waals surface area contributed by atoms with Gasteiger partial charge in [0.15, 0.2) is 0 Å². The van der Waals surface area contributed by atoms with E-state index in [-0.39, 0.29) is 13.0 Å². The highest BCUT2D eigenvalue weighted by molar-refractivity contribution is 7.87. The van der Waals surface area contributed by atoms with Crippen molar-refractivity contribution < 1.29 is 21.6 Å². The van der Waals surface area contributed by atoms with Crippen LogP contribution < -0.4 is 9.44 Å². The van der Waals surface area contributed by atoms with Crippen LogP contribution in [0.3, 0.4) is 0 Å². The Hall–Kier alpha value is -1.13. The second kappa shape index (κ2) is 5.47. The fourth-order valence-corrected chi connectivity index (χ4v) is 1.79. The Kier molecular flexibility index (Phi) is 4.48. The van der Waals surface area contributed by atoms with Crippen LogP contribution in [-0.4, -0.2) is 37.7 Å². The third-order valence-electron chi connectivity index (χ3n) is 1.67. The van der Waals surface area contributed by atoms with Crippen LogP contribution in [-0.2, 0) is 16.6 Å². The normalized spacial score (nSPS) is 12.9. The fraction of sp³-hybridized carbons (Fsp3) is 0.571. The van der Waals surface area contributed by atoms with Gasteiger partial charge in [-0.2, -0.15) is 26.3 Å². The zero-order chi connectivity index (χ0) is 12.9. The van der Waals surface area contributed by atoms with Gasteiger partial charge in [0.05, 0.1) is 0 Å². The predicted molar refractivity (Wildman–Crippen MR) is 53.3 cm³/mol. The number of halogens is 3. The van der Waals surface area contributed by atoms with E-state index >= 15 is 0 Å². The summed E-state index contributed by atoms with van der Waals surface area (Å²) >= 11 is 0. The van der Waals surface area contributed by atoms with E-state index in [2.05, 4.69) is 9.97 Å². The predicted octanol–water partition coefficient (Wildman–Crippen LogP) is -0.0615. The highest BCUT2D eigenvalue weighted by atomic mass is 32.2. The van der Waals surface area contributed by atoms with Gasteiger partial charge in [-0.15, -0.1) is 0 Å². The van der Waals surface area contributed by atoms with E-state index in [0.717, 1.165) is 0 Å². The first-order valence-electron chi connectivity index (χ1n) is 4.58. The summed E-state index contributed by atoms with van der Waals surface area (Å²) in [6.45, 7) is -1.64. The summed E-state index contributed by atoms with van der Waals surface area (Å²) in [6, 6.07) is 0. The summed E-state index contributed by atoms with van der Waals surface area (Å²) in [7, 11) is -4.13. The Labute approximate surface area is 95.8 Å². The maximum atomic E-state index is 11.8. The molecule has 0 unspecified atom stereocenters. The third kappa shape index (κ3) is 6.24. The molecule has 1 rings (SSSR count). The first-order valence-corrected chi connectivity index (χ1v) is 6.06. The number of imidazole rings is 1. The standard InChI is InChI=1S/C7H11F3N4O2S/c8-7(9,10)5-14-17(15,16)13-2-1-6-11-3-4-12-6/h3-4,13-14H,1-2,5H2,(H,11,12). The number of hydrogen-bond acceptors (Lipinski definition) is 3. The van der Waals surface area contributed by atoms with Crippen molar-refractivity contribution >= 4 is 10.2 Å². The number of nitrogens with one attached hydrogen (secondary N) is 3. The van der Waals surface area contributed by atoms with Gasteiger partial charge in [0.2, 0.25) is 0 Å². The average Bonchev–Trinajstić information content (AvgIpc) is 2.67. The van der Waals surface area contributed by atoms with Crippen molar-refractivity contribution in [3.8, 4) is 0 Å². The molecule has 0 amide bonds. The lowest BCUT2D eigenvalue weighted by molar-refractivity contribution is -0.121. The number of nitrogens with zero attached hydrogens (tertiary/aromatic N) is 1. The lowest BCUT2D eigenvalue weighted by Crippen LogP contribution is -2.42. The van der Waals surface area contributed by atoms with Gasteiger partial charge >= 0.3 is 6.18 Å². The molecule has 17 heavy (non-hydrogen) atoms. The second-order valence-electron chi connectivity index (χ2n) is 3.12. The Balaban J connectivity index is 2.30. The third-order valence-corrected chi connectivity index (χ3v) is 2.78. The molecule has 0 saturated heterocycles. The molecule has 0 spiro atoms. The van der Waals surface area contributed by atoms with Crippen molar-refractivity contribution in [2.75, 3.05) is 13.1 Å². The molecule has 0 fully saturated rings. The summed E-state index contributed by atoms with van der Waals surface area (Å²) in [6.07, 6.45) is -1.26. The Morgan fingerprint density at radius 1 is 1.35 bits per heavy atom. The molecular formula is C7H11F3N4O2S. The maximum Gasteiger partial charge on any atom is 0.402 e. The molecule has 0 aliphatic carbocycles. The van der Waals surface area contributed by atoms with E-state index in [1.165, 1.54) is 10.9 Å². The van der Waals surface area contributed by atoms with Gasteiger partial charge in [-0.05, 0) is 0 Å². The Bertz CT molecular complexity index is 428. The molecule has 10 heteroatoms. The van der Waals surface area contributed by atoms with E-state index in [1.807, 2.05) is 4.72 Å². The molecule has 3 N–H and O–H groups in total. The van der Waals surface area contributed by atoms with Crippen LogP contribution in [0.2, 0.25) is 0 Å². The molecule has 0 atom stereocenters. The maximum absolute atomic E-state index is 11.8. The molecule has 98 valence electrons. The van der Waals surface area contributed by atoms with Crippen LogP contribution in [0.5, 0.6) is 0 Å². The highest BCUT2D eigenvalue weighted by Crippen LogP contribution is 2.12. The monoisotopic (exact) mass is 272 g/mol. The van der Waals surface area contributed by atoms with E-state index < -0.39 is 22.9 Å². The first-order chi connectivity index (χ1) is 7.79. The largest absolute Gasteiger partial charge is 0.402 e. The van der Waals surface area contributed by atoms with Crippen LogP contribution in [0.25, 0.3) is 0 Å². The van der Waals surface area contributed by atoms with Gasteiger partial charge in [-0.3, -0.25) is 0 Å². The average molecular weight is 272 g/mol. The summed E-state index contributed by atoms with van der Waals surface area (Å²) in [4.78, 5) is 6.56. The molecule has 0 saturated carbocycles. The minimum absolute atomic E-state index is 0.0410. The molecule has 0 radical (unpaired) electrons. The molecule has 1 heterocycles. The van der Waals surface area contributed by atoms with Gasteiger partial charge in [0.1, 0.15) is 12.4 Å². The van der Waals surface area contributed by atoms with Crippen molar-refractivity contribution in [3.05, 3.63) is 18.2 Å². The summed E-state index contributed by atoms with van der Waals surface area (Å²) in [5.41, 5.74) is 0. The van der Waals surface area contributed by atoms with Crippen molar-refractivity contribution in [2.45, 2.75) is 12.6 Å². The highest BCUT2D eigenvalue weighted by Gasteiger charge is 2.29. The van der Waals surface area contributed by atoms with Gasteiger partial charge in [-0.25, -0.2) is 9.71 Å².